The van der Waals surface area contributed by atoms with Crippen molar-refractivity contribution in [1.82, 2.24) is 5.32 Å². The summed E-state index contributed by atoms with van der Waals surface area (Å²) in [4.78, 5) is 22.2. The Morgan fingerprint density at radius 3 is 2.68 bits per heavy atom. The van der Waals surface area contributed by atoms with Crippen LogP contribution in [0.1, 0.15) is 37.0 Å². The zero-order valence-electron chi connectivity index (χ0n) is 11.2. The first kappa shape index (κ1) is 14.9. The Balaban J connectivity index is 2.96. The van der Waals surface area contributed by atoms with Gasteiger partial charge in [-0.1, -0.05) is 13.3 Å². The third kappa shape index (κ3) is 4.24. The quantitative estimate of drug-likeness (QED) is 0.451. The van der Waals surface area contributed by atoms with E-state index in [9.17, 15) is 14.9 Å². The number of benzene rings is 1. The van der Waals surface area contributed by atoms with Crippen molar-refractivity contribution >= 4 is 17.3 Å². The van der Waals surface area contributed by atoms with Crippen LogP contribution in [0.4, 0.5) is 11.4 Å². The normalized spacial score (nSPS) is 10.0. The highest BCUT2D eigenvalue weighted by Crippen LogP contribution is 2.25. The molecule has 0 saturated carbocycles. The number of nitrogens with zero attached hydrogens (tertiary/aromatic N) is 1. The summed E-state index contributed by atoms with van der Waals surface area (Å²) in [5.41, 5.74) is 0.804. The molecule has 0 unspecified atom stereocenters. The maximum Gasteiger partial charge on any atom is 0.292 e. The highest BCUT2D eigenvalue weighted by molar-refractivity contribution is 5.95. The number of hydrogen-bond donors (Lipinski definition) is 2. The first-order valence-corrected chi connectivity index (χ1v) is 6.40. The van der Waals surface area contributed by atoms with Crippen LogP contribution in [-0.4, -0.2) is 23.9 Å². The van der Waals surface area contributed by atoms with Gasteiger partial charge in [-0.25, -0.2) is 0 Å². The molecule has 104 valence electrons. The molecule has 2 N–H and O–H groups in total. The van der Waals surface area contributed by atoms with Crippen LogP contribution in [-0.2, 0) is 0 Å². The third-order valence-electron chi connectivity index (χ3n) is 2.64. The molecule has 0 saturated heterocycles. The minimum atomic E-state index is -0.449. The highest BCUT2D eigenvalue weighted by atomic mass is 16.6. The molecular weight excluding hydrogens is 246 g/mol. The molecule has 1 aromatic carbocycles. The van der Waals surface area contributed by atoms with Crippen LogP contribution in [0.5, 0.6) is 0 Å². The number of nitro benzene ring substituents is 1. The molecule has 6 heteroatoms. The van der Waals surface area contributed by atoms with Crippen LogP contribution >= 0.6 is 0 Å². The van der Waals surface area contributed by atoms with Crippen molar-refractivity contribution in [2.24, 2.45) is 0 Å². The summed E-state index contributed by atoms with van der Waals surface area (Å²) in [6.07, 6.45) is 1.92. The molecule has 0 aliphatic carbocycles. The maximum atomic E-state index is 11.7. The van der Waals surface area contributed by atoms with Gasteiger partial charge in [0.05, 0.1) is 4.92 Å². The standard InChI is InChI=1S/C13H19N3O3/c1-3-5-8-15-11-9-10(13(17)14-4-2)6-7-12(11)16(18)19/h6-7,9,15H,3-5,8H2,1-2H3,(H,14,17). The summed E-state index contributed by atoms with van der Waals surface area (Å²) in [7, 11) is 0. The summed E-state index contributed by atoms with van der Waals surface area (Å²) < 4.78 is 0. The molecule has 1 rings (SSSR count). The molecule has 6 nitrogen and oxygen atoms in total. The minimum absolute atomic E-state index is 0.0100. The Bertz CT molecular complexity index is 460. The molecule has 1 aromatic rings. The van der Waals surface area contributed by atoms with E-state index in [1.54, 1.807) is 0 Å². The molecular formula is C13H19N3O3. The van der Waals surface area contributed by atoms with E-state index in [4.69, 9.17) is 0 Å². The van der Waals surface area contributed by atoms with Gasteiger partial charge in [0.1, 0.15) is 5.69 Å². The lowest BCUT2D eigenvalue weighted by Gasteiger charge is -2.08. The summed E-state index contributed by atoms with van der Waals surface area (Å²) in [5.74, 6) is -0.226. The van der Waals surface area contributed by atoms with E-state index in [-0.39, 0.29) is 11.6 Å². The second-order valence-electron chi connectivity index (χ2n) is 4.13. The Hall–Kier alpha value is -2.11. The van der Waals surface area contributed by atoms with Crippen LogP contribution in [0.3, 0.4) is 0 Å². The molecule has 0 aromatic heterocycles. The first-order valence-electron chi connectivity index (χ1n) is 6.40. The molecule has 0 heterocycles. The lowest BCUT2D eigenvalue weighted by molar-refractivity contribution is -0.384. The van der Waals surface area contributed by atoms with Gasteiger partial charge in [-0.15, -0.1) is 0 Å². The number of nitrogens with one attached hydrogen (secondary N) is 2. The average molecular weight is 265 g/mol. The number of unbranched alkanes of at least 4 members (excludes halogenated alkanes) is 1. The Kier molecular flexibility index (Phi) is 5.78. The van der Waals surface area contributed by atoms with Crippen molar-refractivity contribution in [2.75, 3.05) is 18.4 Å². The molecule has 0 fully saturated rings. The Morgan fingerprint density at radius 1 is 1.37 bits per heavy atom. The smallest absolute Gasteiger partial charge is 0.292 e. The number of amides is 1. The van der Waals surface area contributed by atoms with Crippen molar-refractivity contribution < 1.29 is 9.72 Å². The molecule has 19 heavy (non-hydrogen) atoms. The van der Waals surface area contributed by atoms with Gasteiger partial charge in [-0.3, -0.25) is 14.9 Å². The number of hydrogen-bond acceptors (Lipinski definition) is 4. The van der Waals surface area contributed by atoms with E-state index in [0.29, 0.717) is 24.3 Å². The summed E-state index contributed by atoms with van der Waals surface area (Å²) >= 11 is 0. The number of rotatable bonds is 7. The number of carbonyl (C=O) groups is 1. The minimum Gasteiger partial charge on any atom is -0.379 e. The van der Waals surface area contributed by atoms with Crippen molar-refractivity contribution in [2.45, 2.75) is 26.7 Å². The summed E-state index contributed by atoms with van der Waals surface area (Å²) in [6.45, 7) is 5.04. The fraction of sp³-hybridized carbons (Fsp3) is 0.462. The predicted octanol–water partition coefficient (Wildman–Crippen LogP) is 2.56. The van der Waals surface area contributed by atoms with E-state index in [1.807, 2.05) is 13.8 Å². The van der Waals surface area contributed by atoms with Gasteiger partial charge in [0.2, 0.25) is 0 Å². The summed E-state index contributed by atoms with van der Waals surface area (Å²) in [5, 5.41) is 16.6. The molecule has 0 bridgehead atoms. The van der Waals surface area contributed by atoms with E-state index in [1.165, 1.54) is 18.2 Å². The van der Waals surface area contributed by atoms with Gasteiger partial charge in [0, 0.05) is 24.7 Å². The lowest BCUT2D eigenvalue weighted by atomic mass is 10.1. The van der Waals surface area contributed by atoms with Crippen molar-refractivity contribution in [3.63, 3.8) is 0 Å². The van der Waals surface area contributed by atoms with Crippen LogP contribution < -0.4 is 10.6 Å². The Morgan fingerprint density at radius 2 is 2.11 bits per heavy atom. The third-order valence-corrected chi connectivity index (χ3v) is 2.64. The van der Waals surface area contributed by atoms with Gasteiger partial charge < -0.3 is 10.6 Å². The van der Waals surface area contributed by atoms with E-state index in [0.717, 1.165) is 12.8 Å². The largest absolute Gasteiger partial charge is 0.379 e. The molecule has 0 spiro atoms. The highest BCUT2D eigenvalue weighted by Gasteiger charge is 2.16. The van der Waals surface area contributed by atoms with Gasteiger partial charge in [-0.05, 0) is 25.5 Å². The maximum absolute atomic E-state index is 11.7. The fourth-order valence-electron chi connectivity index (χ4n) is 1.64. The fourth-order valence-corrected chi connectivity index (χ4v) is 1.64. The molecule has 0 atom stereocenters. The molecule has 0 radical (unpaired) electrons. The average Bonchev–Trinajstić information content (AvgIpc) is 2.39. The number of nitro groups is 1. The molecule has 1 amide bonds. The first-order chi connectivity index (χ1) is 9.10. The van der Waals surface area contributed by atoms with Crippen LogP contribution in [0.15, 0.2) is 18.2 Å². The van der Waals surface area contributed by atoms with E-state index in [2.05, 4.69) is 10.6 Å². The van der Waals surface area contributed by atoms with Gasteiger partial charge in [0.25, 0.3) is 11.6 Å². The SMILES string of the molecule is CCCCNc1cc(C(=O)NCC)ccc1[N+](=O)[O-]. The molecule has 0 aliphatic heterocycles. The van der Waals surface area contributed by atoms with E-state index < -0.39 is 4.92 Å². The zero-order chi connectivity index (χ0) is 14.3. The lowest BCUT2D eigenvalue weighted by Crippen LogP contribution is -2.22. The molecule has 0 aliphatic rings. The van der Waals surface area contributed by atoms with Crippen LogP contribution in [0.25, 0.3) is 0 Å². The van der Waals surface area contributed by atoms with Gasteiger partial charge in [0.15, 0.2) is 0 Å². The number of anilines is 1. The second kappa shape index (κ2) is 7.35. The van der Waals surface area contributed by atoms with Crippen LogP contribution in [0, 0.1) is 10.1 Å². The monoisotopic (exact) mass is 265 g/mol. The van der Waals surface area contributed by atoms with Crippen molar-refractivity contribution in [3.8, 4) is 0 Å². The predicted molar refractivity (Wildman–Crippen MR) is 74.5 cm³/mol. The Labute approximate surface area is 112 Å². The van der Waals surface area contributed by atoms with Crippen LogP contribution in [0.2, 0.25) is 0 Å². The summed E-state index contributed by atoms with van der Waals surface area (Å²) in [6, 6.07) is 4.35. The van der Waals surface area contributed by atoms with Crippen molar-refractivity contribution in [3.05, 3.63) is 33.9 Å². The topological polar surface area (TPSA) is 84.3 Å². The van der Waals surface area contributed by atoms with Crippen molar-refractivity contribution in [1.29, 1.82) is 0 Å². The van der Waals surface area contributed by atoms with Gasteiger partial charge >= 0.3 is 0 Å². The van der Waals surface area contributed by atoms with Gasteiger partial charge in [-0.2, -0.15) is 0 Å². The van der Waals surface area contributed by atoms with E-state index >= 15 is 0 Å². The second-order valence-corrected chi connectivity index (χ2v) is 4.13. The zero-order valence-corrected chi connectivity index (χ0v) is 11.2. The number of carbonyl (C=O) groups excluding carboxylic acids is 1.